The van der Waals surface area contributed by atoms with Crippen LogP contribution in [0.2, 0.25) is 0 Å². The smallest absolute Gasteiger partial charge is 0.416 e. The highest BCUT2D eigenvalue weighted by Gasteiger charge is 2.32. The van der Waals surface area contributed by atoms with Gasteiger partial charge in [0.2, 0.25) is 5.88 Å². The summed E-state index contributed by atoms with van der Waals surface area (Å²) in [6.07, 6.45) is -3.67. The number of amides is 1. The first kappa shape index (κ1) is 18.1. The van der Waals surface area contributed by atoms with Crippen LogP contribution >= 0.6 is 0 Å². The molecule has 0 aliphatic carbocycles. The molecule has 4 nitrogen and oxygen atoms in total. The zero-order chi connectivity index (χ0) is 18.9. The number of nitrogens with zero attached hydrogens (tertiary/aromatic N) is 2. The van der Waals surface area contributed by atoms with Crippen LogP contribution < -0.4 is 4.74 Å². The third-order valence-electron chi connectivity index (χ3n) is 3.95. The average Bonchev–Trinajstić information content (AvgIpc) is 3.04. The van der Waals surface area contributed by atoms with Crippen molar-refractivity contribution in [1.29, 1.82) is 0 Å². The number of hydrogen-bond donors (Lipinski definition) is 0. The molecule has 1 amide bonds. The van der Waals surface area contributed by atoms with Crippen LogP contribution in [-0.2, 0) is 6.18 Å². The van der Waals surface area contributed by atoms with E-state index in [0.29, 0.717) is 6.42 Å². The first-order valence-electron chi connectivity index (χ1n) is 7.68. The summed E-state index contributed by atoms with van der Waals surface area (Å²) in [5.41, 5.74) is -0.892. The SMILES string of the molecule is O=C(c1ccc(F)c(F)c1)N1CCC(Oc2cc(C(F)(F)F)ccn2)C1. The number of alkyl halides is 3. The lowest BCUT2D eigenvalue weighted by Gasteiger charge is -2.17. The maximum atomic E-state index is 13.3. The molecule has 26 heavy (non-hydrogen) atoms. The van der Waals surface area contributed by atoms with Crippen molar-refractivity contribution >= 4 is 5.91 Å². The van der Waals surface area contributed by atoms with Gasteiger partial charge < -0.3 is 9.64 Å². The summed E-state index contributed by atoms with van der Waals surface area (Å²) in [5.74, 6) is -2.88. The van der Waals surface area contributed by atoms with Gasteiger partial charge in [-0.1, -0.05) is 0 Å². The third kappa shape index (κ3) is 3.92. The highest BCUT2D eigenvalue weighted by molar-refractivity contribution is 5.94. The van der Waals surface area contributed by atoms with Crippen LogP contribution in [0.3, 0.4) is 0 Å². The highest BCUT2D eigenvalue weighted by atomic mass is 19.4. The number of carbonyl (C=O) groups is 1. The Morgan fingerprint density at radius 3 is 2.62 bits per heavy atom. The number of hydrogen-bond acceptors (Lipinski definition) is 3. The first-order valence-corrected chi connectivity index (χ1v) is 7.68. The predicted molar refractivity (Wildman–Crippen MR) is 80.5 cm³/mol. The van der Waals surface area contributed by atoms with Crippen LogP contribution in [0.1, 0.15) is 22.3 Å². The van der Waals surface area contributed by atoms with E-state index in [1.54, 1.807) is 0 Å². The lowest BCUT2D eigenvalue weighted by atomic mass is 10.2. The molecule has 0 saturated carbocycles. The summed E-state index contributed by atoms with van der Waals surface area (Å²) >= 11 is 0. The van der Waals surface area contributed by atoms with E-state index < -0.39 is 35.4 Å². The third-order valence-corrected chi connectivity index (χ3v) is 3.95. The summed E-state index contributed by atoms with van der Waals surface area (Å²) in [7, 11) is 0. The summed E-state index contributed by atoms with van der Waals surface area (Å²) in [4.78, 5) is 17.4. The van der Waals surface area contributed by atoms with Crippen LogP contribution in [0.15, 0.2) is 36.5 Å². The number of likely N-dealkylation sites (tertiary alicyclic amines) is 1. The quantitative estimate of drug-likeness (QED) is 0.772. The van der Waals surface area contributed by atoms with E-state index in [1.807, 2.05) is 0 Å². The van der Waals surface area contributed by atoms with Gasteiger partial charge in [0.05, 0.1) is 12.1 Å². The van der Waals surface area contributed by atoms with E-state index >= 15 is 0 Å². The van der Waals surface area contributed by atoms with Crippen molar-refractivity contribution < 1.29 is 31.5 Å². The zero-order valence-electron chi connectivity index (χ0n) is 13.3. The van der Waals surface area contributed by atoms with Gasteiger partial charge in [-0.2, -0.15) is 13.2 Å². The number of rotatable bonds is 3. The van der Waals surface area contributed by atoms with Crippen molar-refractivity contribution in [1.82, 2.24) is 9.88 Å². The Balaban J connectivity index is 1.65. The molecule has 1 saturated heterocycles. The van der Waals surface area contributed by atoms with E-state index in [0.717, 1.165) is 30.5 Å². The fourth-order valence-corrected chi connectivity index (χ4v) is 2.64. The second-order valence-electron chi connectivity index (χ2n) is 5.79. The molecule has 138 valence electrons. The fourth-order valence-electron chi connectivity index (χ4n) is 2.64. The second kappa shape index (κ2) is 6.89. The lowest BCUT2D eigenvalue weighted by molar-refractivity contribution is -0.137. The average molecular weight is 372 g/mol. The van der Waals surface area contributed by atoms with Gasteiger partial charge in [-0.3, -0.25) is 4.79 Å². The summed E-state index contributed by atoms with van der Waals surface area (Å²) in [6, 6.07) is 4.46. The van der Waals surface area contributed by atoms with Gasteiger partial charge in [0, 0.05) is 30.8 Å². The van der Waals surface area contributed by atoms with E-state index in [1.165, 1.54) is 11.0 Å². The molecule has 1 aromatic heterocycles. The van der Waals surface area contributed by atoms with Crippen molar-refractivity contribution in [2.75, 3.05) is 13.1 Å². The highest BCUT2D eigenvalue weighted by Crippen LogP contribution is 2.31. The summed E-state index contributed by atoms with van der Waals surface area (Å²) < 4.78 is 69.8. The largest absolute Gasteiger partial charge is 0.472 e. The Labute approximate surface area is 145 Å². The number of pyridine rings is 1. The number of halogens is 5. The molecule has 1 aliphatic rings. The van der Waals surface area contributed by atoms with Crippen LogP contribution in [0.25, 0.3) is 0 Å². The maximum Gasteiger partial charge on any atom is 0.416 e. The fraction of sp³-hybridized carbons (Fsp3) is 0.294. The molecule has 9 heteroatoms. The molecule has 0 N–H and O–H groups in total. The van der Waals surface area contributed by atoms with Crippen LogP contribution in [-0.4, -0.2) is 35.0 Å². The van der Waals surface area contributed by atoms with E-state index in [4.69, 9.17) is 4.74 Å². The molecule has 1 aromatic carbocycles. The molecule has 3 rings (SSSR count). The van der Waals surface area contributed by atoms with Gasteiger partial charge in [0.25, 0.3) is 5.91 Å². The number of carbonyl (C=O) groups excluding carboxylic acids is 1. The van der Waals surface area contributed by atoms with Gasteiger partial charge in [-0.05, 0) is 24.3 Å². The lowest BCUT2D eigenvalue weighted by Crippen LogP contribution is -2.31. The normalized spacial score (nSPS) is 17.4. The summed E-state index contributed by atoms with van der Waals surface area (Å²) in [6.45, 7) is 0.386. The van der Waals surface area contributed by atoms with Crippen molar-refractivity contribution in [3.05, 3.63) is 59.3 Å². The Bertz CT molecular complexity index is 825. The predicted octanol–water partition coefficient (Wildman–Crippen LogP) is 3.67. The number of benzene rings is 1. The first-order chi connectivity index (χ1) is 12.2. The van der Waals surface area contributed by atoms with Crippen LogP contribution in [0.4, 0.5) is 22.0 Å². The molecular formula is C17H13F5N2O2. The van der Waals surface area contributed by atoms with Crippen LogP contribution in [0.5, 0.6) is 5.88 Å². The Morgan fingerprint density at radius 1 is 1.15 bits per heavy atom. The minimum Gasteiger partial charge on any atom is -0.472 e. The second-order valence-corrected chi connectivity index (χ2v) is 5.79. The molecular weight excluding hydrogens is 359 g/mol. The van der Waals surface area contributed by atoms with Crippen molar-refractivity contribution in [2.24, 2.45) is 0 Å². The van der Waals surface area contributed by atoms with Crippen molar-refractivity contribution in [2.45, 2.75) is 18.7 Å². The Morgan fingerprint density at radius 2 is 1.92 bits per heavy atom. The maximum absolute atomic E-state index is 13.3. The molecule has 2 heterocycles. The van der Waals surface area contributed by atoms with E-state index in [9.17, 15) is 26.7 Å². The number of aromatic nitrogens is 1. The molecule has 1 unspecified atom stereocenters. The topological polar surface area (TPSA) is 42.4 Å². The molecule has 1 aliphatic heterocycles. The van der Waals surface area contributed by atoms with E-state index in [-0.39, 0.29) is 24.5 Å². The van der Waals surface area contributed by atoms with Gasteiger partial charge >= 0.3 is 6.18 Å². The molecule has 0 spiro atoms. The minimum absolute atomic E-state index is 0.0123. The standard InChI is InChI=1S/C17H13F5N2O2/c18-13-2-1-10(7-14(13)19)16(25)24-6-4-12(9-24)26-15-8-11(3-5-23-15)17(20,21)22/h1-3,5,7-8,12H,4,6,9H2. The molecule has 0 radical (unpaired) electrons. The van der Waals surface area contributed by atoms with Gasteiger partial charge in [0.1, 0.15) is 6.10 Å². The van der Waals surface area contributed by atoms with E-state index in [2.05, 4.69) is 4.98 Å². The molecule has 0 bridgehead atoms. The van der Waals surface area contributed by atoms with Crippen LogP contribution in [0, 0.1) is 11.6 Å². The minimum atomic E-state index is -4.51. The van der Waals surface area contributed by atoms with Gasteiger partial charge in [0.15, 0.2) is 11.6 Å². The molecule has 2 aromatic rings. The monoisotopic (exact) mass is 372 g/mol. The molecule has 1 atom stereocenters. The van der Waals surface area contributed by atoms with Crippen molar-refractivity contribution in [3.8, 4) is 5.88 Å². The summed E-state index contributed by atoms with van der Waals surface area (Å²) in [5, 5.41) is 0. The Hall–Kier alpha value is -2.71. The van der Waals surface area contributed by atoms with Gasteiger partial charge in [-0.15, -0.1) is 0 Å². The zero-order valence-corrected chi connectivity index (χ0v) is 13.3. The van der Waals surface area contributed by atoms with Gasteiger partial charge in [-0.25, -0.2) is 13.8 Å². The number of ether oxygens (including phenoxy) is 1. The molecule has 1 fully saturated rings. The Kier molecular flexibility index (Phi) is 4.80. The van der Waals surface area contributed by atoms with Crippen molar-refractivity contribution in [3.63, 3.8) is 0 Å².